The van der Waals surface area contributed by atoms with E-state index >= 15 is 0 Å². The summed E-state index contributed by atoms with van der Waals surface area (Å²) in [5.41, 5.74) is -5.51. The number of amides is 2. The van der Waals surface area contributed by atoms with Gasteiger partial charge in [-0.2, -0.15) is 18.4 Å². The maximum atomic E-state index is 13.3. The van der Waals surface area contributed by atoms with Crippen LogP contribution in [-0.4, -0.2) is 33.7 Å². The van der Waals surface area contributed by atoms with Crippen molar-refractivity contribution in [2.45, 2.75) is 43.2 Å². The van der Waals surface area contributed by atoms with Crippen molar-refractivity contribution in [2.24, 2.45) is 17.8 Å². The second kappa shape index (κ2) is 4.58. The van der Waals surface area contributed by atoms with E-state index < -0.39 is 57.8 Å². The van der Waals surface area contributed by atoms with E-state index in [9.17, 15) is 27.9 Å². The molecule has 28 heavy (non-hydrogen) atoms. The number of nitrogens with zero attached hydrogens (tertiary/aromatic N) is 2. The molecule has 6 nitrogen and oxygen atoms in total. The van der Waals surface area contributed by atoms with E-state index in [-0.39, 0.29) is 11.6 Å². The molecule has 1 unspecified atom stereocenters. The lowest BCUT2D eigenvalue weighted by atomic mass is 9.67. The Balaban J connectivity index is 1.61. The monoisotopic (exact) mass is 392 g/mol. The van der Waals surface area contributed by atoms with Crippen molar-refractivity contribution < 1.29 is 32.6 Å². The van der Waals surface area contributed by atoms with Gasteiger partial charge in [-0.1, -0.05) is 0 Å². The molecule has 9 heteroatoms. The van der Waals surface area contributed by atoms with Gasteiger partial charge in [0.05, 0.1) is 40.3 Å². The fourth-order valence-corrected chi connectivity index (χ4v) is 5.77. The number of hydrogen-bond donors (Lipinski definition) is 1. The standard InChI is InChI=1S/C19H15F3N2O4/c1-16-11-6-18(11,27)17(2,28-16)13-12(16)14(25)24(15(13)26)9-4-3-8(7-23)10(5-9)19(20,21)22/h3-5,11-13,27H,6H2,1-2H3/t11-,12?,13-,16+,17+,18+/m0/s1. The second-order valence-electron chi connectivity index (χ2n) is 8.38. The average molecular weight is 392 g/mol. The van der Waals surface area contributed by atoms with Crippen LogP contribution < -0.4 is 4.90 Å². The lowest BCUT2D eigenvalue weighted by molar-refractivity contribution is -0.142. The first kappa shape index (κ1) is 17.6. The predicted molar refractivity (Wildman–Crippen MR) is 86.6 cm³/mol. The summed E-state index contributed by atoms with van der Waals surface area (Å²) in [4.78, 5) is 27.0. The van der Waals surface area contributed by atoms with Gasteiger partial charge in [-0.3, -0.25) is 9.59 Å². The van der Waals surface area contributed by atoms with Crippen LogP contribution >= 0.6 is 0 Å². The highest BCUT2D eigenvalue weighted by molar-refractivity contribution is 6.23. The van der Waals surface area contributed by atoms with E-state index in [1.807, 2.05) is 0 Å². The van der Waals surface area contributed by atoms with Gasteiger partial charge in [0.2, 0.25) is 11.8 Å². The number of aliphatic hydroxyl groups is 1. The van der Waals surface area contributed by atoms with E-state index in [1.54, 1.807) is 13.8 Å². The first-order valence-electron chi connectivity index (χ1n) is 8.82. The number of fused-ring (bicyclic) bond motifs is 8. The van der Waals surface area contributed by atoms with Crippen LogP contribution in [0.3, 0.4) is 0 Å². The van der Waals surface area contributed by atoms with Crippen molar-refractivity contribution in [3.63, 3.8) is 0 Å². The van der Waals surface area contributed by atoms with Gasteiger partial charge in [-0.05, 0) is 38.5 Å². The Morgan fingerprint density at radius 2 is 1.89 bits per heavy atom. The van der Waals surface area contributed by atoms with Gasteiger partial charge < -0.3 is 9.84 Å². The van der Waals surface area contributed by atoms with Gasteiger partial charge in [0.15, 0.2) is 0 Å². The molecule has 1 aromatic carbocycles. The van der Waals surface area contributed by atoms with Crippen LogP contribution in [0.2, 0.25) is 0 Å². The third-order valence-corrected chi connectivity index (χ3v) is 7.12. The number of ether oxygens (including phenoxy) is 1. The number of anilines is 1. The van der Waals surface area contributed by atoms with Gasteiger partial charge in [-0.15, -0.1) is 0 Å². The molecule has 0 aromatic heterocycles. The smallest absolute Gasteiger partial charge is 0.386 e. The predicted octanol–water partition coefficient (Wildman–Crippen LogP) is 1.99. The molecule has 5 rings (SSSR count). The quantitative estimate of drug-likeness (QED) is 0.739. The molecule has 146 valence electrons. The van der Waals surface area contributed by atoms with Gasteiger partial charge in [0.1, 0.15) is 11.2 Å². The number of imide groups is 1. The molecule has 2 amide bonds. The van der Waals surface area contributed by atoms with Crippen molar-refractivity contribution in [3.05, 3.63) is 29.3 Å². The molecule has 1 N–H and O–H groups in total. The average Bonchev–Trinajstić information content (AvgIpc) is 3.11. The molecular weight excluding hydrogens is 377 g/mol. The van der Waals surface area contributed by atoms with Crippen molar-refractivity contribution in [1.29, 1.82) is 5.26 Å². The Hall–Kier alpha value is -2.44. The largest absolute Gasteiger partial charge is 0.417 e. The normalized spacial score (nSPS) is 43.2. The maximum Gasteiger partial charge on any atom is 0.417 e. The molecule has 1 saturated carbocycles. The number of rotatable bonds is 1. The van der Waals surface area contributed by atoms with Crippen LogP contribution in [0.5, 0.6) is 0 Å². The Labute approximate surface area is 157 Å². The molecule has 2 bridgehead atoms. The van der Waals surface area contributed by atoms with Crippen LogP contribution in [-0.2, 0) is 20.5 Å². The molecule has 0 spiro atoms. The molecule has 4 fully saturated rings. The van der Waals surface area contributed by atoms with E-state index in [2.05, 4.69) is 0 Å². The van der Waals surface area contributed by atoms with Crippen LogP contribution in [0, 0.1) is 29.1 Å². The zero-order valence-corrected chi connectivity index (χ0v) is 14.9. The summed E-state index contributed by atoms with van der Waals surface area (Å²) in [7, 11) is 0. The lowest BCUT2D eigenvalue weighted by Gasteiger charge is -2.32. The summed E-state index contributed by atoms with van der Waals surface area (Å²) in [5, 5.41) is 19.8. The van der Waals surface area contributed by atoms with Crippen LogP contribution in [0.15, 0.2) is 18.2 Å². The summed E-state index contributed by atoms with van der Waals surface area (Å²) in [6, 6.07) is 4.24. The van der Waals surface area contributed by atoms with E-state index in [0.29, 0.717) is 12.5 Å². The van der Waals surface area contributed by atoms with Crippen molar-refractivity contribution in [3.8, 4) is 6.07 Å². The molecule has 3 heterocycles. The third-order valence-electron chi connectivity index (χ3n) is 7.12. The van der Waals surface area contributed by atoms with Crippen molar-refractivity contribution in [1.82, 2.24) is 0 Å². The molecule has 4 aliphatic rings. The second-order valence-corrected chi connectivity index (χ2v) is 8.38. The topological polar surface area (TPSA) is 90.6 Å². The van der Waals surface area contributed by atoms with Crippen LogP contribution in [0.25, 0.3) is 0 Å². The first-order valence-corrected chi connectivity index (χ1v) is 8.82. The molecule has 3 aliphatic heterocycles. The highest BCUT2D eigenvalue weighted by Gasteiger charge is 2.90. The number of alkyl halides is 3. The highest BCUT2D eigenvalue weighted by atomic mass is 19.4. The molecule has 1 aliphatic carbocycles. The SMILES string of the molecule is C[C@]12O[C@](C)([C@@H]3C(=O)N(c4ccc(C#N)c(C(F)(F)F)c4)C(=O)C31)[C@@]1(O)C[C@@H]21. The van der Waals surface area contributed by atoms with Gasteiger partial charge in [0.25, 0.3) is 0 Å². The fourth-order valence-electron chi connectivity index (χ4n) is 5.77. The first-order chi connectivity index (χ1) is 12.9. The molecule has 1 aromatic rings. The molecule has 6 atom stereocenters. The summed E-state index contributed by atoms with van der Waals surface area (Å²) in [5.74, 6) is -3.41. The highest BCUT2D eigenvalue weighted by Crippen LogP contribution is 2.76. The minimum atomic E-state index is -4.81. The van der Waals surface area contributed by atoms with Crippen molar-refractivity contribution in [2.75, 3.05) is 4.90 Å². The van der Waals surface area contributed by atoms with Gasteiger partial charge >= 0.3 is 6.18 Å². The number of hydrogen-bond acceptors (Lipinski definition) is 5. The summed E-state index contributed by atoms with van der Waals surface area (Å²) in [6.45, 7) is 3.28. The Morgan fingerprint density at radius 1 is 1.25 bits per heavy atom. The summed E-state index contributed by atoms with van der Waals surface area (Å²) in [6.07, 6.45) is -4.37. The molecule has 0 radical (unpaired) electrons. The zero-order chi connectivity index (χ0) is 20.4. The van der Waals surface area contributed by atoms with Gasteiger partial charge in [0, 0.05) is 5.92 Å². The summed E-state index contributed by atoms with van der Waals surface area (Å²) < 4.78 is 45.9. The van der Waals surface area contributed by atoms with E-state index in [1.165, 1.54) is 6.07 Å². The van der Waals surface area contributed by atoms with Crippen molar-refractivity contribution >= 4 is 17.5 Å². The number of nitriles is 1. The zero-order valence-electron chi connectivity index (χ0n) is 14.9. The summed E-state index contributed by atoms with van der Waals surface area (Å²) >= 11 is 0. The Bertz CT molecular complexity index is 1020. The maximum absolute atomic E-state index is 13.3. The molecule has 3 saturated heterocycles. The minimum Gasteiger partial charge on any atom is -0.386 e. The van der Waals surface area contributed by atoms with E-state index in [0.717, 1.165) is 17.0 Å². The Morgan fingerprint density at radius 3 is 2.50 bits per heavy atom. The minimum absolute atomic E-state index is 0.233. The third kappa shape index (κ3) is 1.68. The van der Waals surface area contributed by atoms with Gasteiger partial charge in [-0.25, -0.2) is 4.90 Å². The number of carbonyl (C=O) groups excluding carboxylic acids is 2. The van der Waals surface area contributed by atoms with Crippen LogP contribution in [0.4, 0.5) is 18.9 Å². The fraction of sp³-hybridized carbons (Fsp3) is 0.526. The van der Waals surface area contributed by atoms with Crippen LogP contribution in [0.1, 0.15) is 31.4 Å². The Kier molecular flexibility index (Phi) is 2.89. The van der Waals surface area contributed by atoms with E-state index in [4.69, 9.17) is 10.00 Å². The molecular formula is C19H15F3N2O4. The number of carbonyl (C=O) groups is 2. The number of benzene rings is 1. The lowest BCUT2D eigenvalue weighted by Crippen LogP contribution is -2.51. The number of halogens is 3.